The topological polar surface area (TPSA) is 47.3 Å². The van der Waals surface area contributed by atoms with E-state index in [0.717, 1.165) is 0 Å². The molecule has 0 saturated heterocycles. The van der Waals surface area contributed by atoms with E-state index in [-0.39, 0.29) is 5.75 Å². The zero-order valence-electron chi connectivity index (χ0n) is 9.93. The molecule has 0 spiro atoms. The summed E-state index contributed by atoms with van der Waals surface area (Å²) in [5.74, 6) is 0.0509. The second-order valence-corrected chi connectivity index (χ2v) is 4.71. The summed E-state index contributed by atoms with van der Waals surface area (Å²) < 4.78 is 30.5. The lowest BCUT2D eigenvalue weighted by Crippen LogP contribution is -2.07. The van der Waals surface area contributed by atoms with E-state index in [4.69, 9.17) is 0 Å². The van der Waals surface area contributed by atoms with Gasteiger partial charge in [0.2, 0.25) is 0 Å². The third-order valence-electron chi connectivity index (χ3n) is 2.62. The maximum atomic E-state index is 12.0. The lowest BCUT2D eigenvalue weighted by atomic mass is 10.1. The number of aromatic nitrogens is 2. The molecule has 0 aliphatic rings. The maximum Gasteiger partial charge on any atom is 0.387 e. The Hall–Kier alpha value is -1.47. The summed E-state index contributed by atoms with van der Waals surface area (Å²) in [6, 6.07) is 5.83. The third-order valence-corrected chi connectivity index (χ3v) is 3.23. The molecule has 4 nitrogen and oxygen atoms in total. The first-order chi connectivity index (χ1) is 8.99. The molecule has 1 aromatic heterocycles. The van der Waals surface area contributed by atoms with Crippen molar-refractivity contribution in [3.05, 3.63) is 46.2 Å². The molecule has 1 atom stereocenters. The summed E-state index contributed by atoms with van der Waals surface area (Å²) in [7, 11) is 1.71. The first kappa shape index (κ1) is 14.0. The van der Waals surface area contributed by atoms with Gasteiger partial charge >= 0.3 is 6.61 Å². The van der Waals surface area contributed by atoms with Crippen LogP contribution < -0.4 is 4.74 Å². The molecular weight excluding hydrogens is 322 g/mol. The van der Waals surface area contributed by atoms with Crippen LogP contribution in [0.4, 0.5) is 8.78 Å². The second kappa shape index (κ2) is 5.66. The van der Waals surface area contributed by atoms with Crippen LogP contribution in [-0.2, 0) is 7.05 Å². The Kier molecular flexibility index (Phi) is 4.16. The van der Waals surface area contributed by atoms with Crippen molar-refractivity contribution in [3.63, 3.8) is 0 Å². The minimum absolute atomic E-state index is 0.0509. The molecule has 0 bridgehead atoms. The van der Waals surface area contributed by atoms with Crippen molar-refractivity contribution < 1.29 is 18.6 Å². The van der Waals surface area contributed by atoms with Gasteiger partial charge in [0.25, 0.3) is 0 Å². The zero-order valence-corrected chi connectivity index (χ0v) is 11.5. The minimum Gasteiger partial charge on any atom is -0.435 e. The Morgan fingerprint density at radius 3 is 2.42 bits per heavy atom. The molecule has 0 fully saturated rings. The number of ether oxygens (including phenoxy) is 1. The number of nitrogens with zero attached hydrogens (tertiary/aromatic N) is 2. The molecule has 1 N–H and O–H groups in total. The highest BCUT2D eigenvalue weighted by atomic mass is 79.9. The third kappa shape index (κ3) is 3.10. The van der Waals surface area contributed by atoms with Gasteiger partial charge in [-0.1, -0.05) is 12.1 Å². The Balaban J connectivity index is 2.23. The van der Waals surface area contributed by atoms with Gasteiger partial charge in [0.05, 0.1) is 16.4 Å². The molecule has 0 aliphatic heterocycles. The average molecular weight is 333 g/mol. The Morgan fingerprint density at radius 2 is 1.95 bits per heavy atom. The van der Waals surface area contributed by atoms with E-state index in [0.29, 0.717) is 15.7 Å². The molecule has 0 aliphatic carbocycles. The number of aliphatic hydroxyl groups is 1. The van der Waals surface area contributed by atoms with Crippen molar-refractivity contribution in [2.45, 2.75) is 12.7 Å². The van der Waals surface area contributed by atoms with Gasteiger partial charge in [-0.2, -0.15) is 13.9 Å². The standard InChI is InChI=1S/C12H11BrF2N2O2/c1-17-10(9(13)6-16-17)11(18)7-2-4-8(5-3-7)19-12(14)15/h2-6,11-12,18H,1H3. The number of rotatable bonds is 4. The van der Waals surface area contributed by atoms with E-state index < -0.39 is 12.7 Å². The fourth-order valence-corrected chi connectivity index (χ4v) is 2.28. The normalized spacial score (nSPS) is 12.7. The smallest absolute Gasteiger partial charge is 0.387 e. The molecule has 0 radical (unpaired) electrons. The van der Waals surface area contributed by atoms with Crippen molar-refractivity contribution in [2.75, 3.05) is 0 Å². The molecule has 2 aromatic rings. The Labute approximate surface area is 116 Å². The Morgan fingerprint density at radius 1 is 1.32 bits per heavy atom. The number of aliphatic hydroxyl groups excluding tert-OH is 1. The first-order valence-electron chi connectivity index (χ1n) is 5.39. The predicted molar refractivity (Wildman–Crippen MR) is 68.0 cm³/mol. The van der Waals surface area contributed by atoms with E-state index in [9.17, 15) is 13.9 Å². The molecule has 102 valence electrons. The van der Waals surface area contributed by atoms with Crippen LogP contribution >= 0.6 is 15.9 Å². The monoisotopic (exact) mass is 332 g/mol. The van der Waals surface area contributed by atoms with E-state index >= 15 is 0 Å². The van der Waals surface area contributed by atoms with Crippen LogP contribution in [0.15, 0.2) is 34.9 Å². The highest BCUT2D eigenvalue weighted by Crippen LogP contribution is 2.29. The van der Waals surface area contributed by atoms with Crippen molar-refractivity contribution >= 4 is 15.9 Å². The van der Waals surface area contributed by atoms with Gasteiger partial charge in [-0.15, -0.1) is 0 Å². The summed E-state index contributed by atoms with van der Waals surface area (Å²) in [5, 5.41) is 14.2. The van der Waals surface area contributed by atoms with Crippen LogP contribution in [0.5, 0.6) is 5.75 Å². The molecule has 0 amide bonds. The summed E-state index contributed by atoms with van der Waals surface area (Å²) in [4.78, 5) is 0. The SMILES string of the molecule is Cn1ncc(Br)c1C(O)c1ccc(OC(F)F)cc1. The van der Waals surface area contributed by atoms with Gasteiger partial charge in [0, 0.05) is 7.05 Å². The van der Waals surface area contributed by atoms with Crippen molar-refractivity contribution in [2.24, 2.45) is 7.05 Å². The van der Waals surface area contributed by atoms with E-state index in [1.54, 1.807) is 13.2 Å². The van der Waals surface area contributed by atoms with Crippen LogP contribution in [0.2, 0.25) is 0 Å². The minimum atomic E-state index is -2.86. The van der Waals surface area contributed by atoms with Crippen LogP contribution in [0.25, 0.3) is 0 Å². The van der Waals surface area contributed by atoms with Gasteiger partial charge in [-0.3, -0.25) is 4.68 Å². The molecule has 7 heteroatoms. The average Bonchev–Trinajstić information content (AvgIpc) is 2.68. The second-order valence-electron chi connectivity index (χ2n) is 3.85. The van der Waals surface area contributed by atoms with Gasteiger partial charge in [0.1, 0.15) is 11.9 Å². The lowest BCUT2D eigenvalue weighted by Gasteiger charge is -2.13. The number of benzene rings is 1. The Bertz CT molecular complexity index is 538. The molecule has 1 unspecified atom stereocenters. The number of hydrogen-bond acceptors (Lipinski definition) is 3. The number of hydrogen-bond donors (Lipinski definition) is 1. The predicted octanol–water partition coefficient (Wildman–Crippen LogP) is 2.87. The number of halogens is 3. The van der Waals surface area contributed by atoms with Crippen LogP contribution in [0, 0.1) is 0 Å². The number of aryl methyl sites for hydroxylation is 1. The molecule has 19 heavy (non-hydrogen) atoms. The first-order valence-corrected chi connectivity index (χ1v) is 6.18. The molecule has 1 heterocycles. The van der Waals surface area contributed by atoms with Crippen LogP contribution in [0.1, 0.15) is 17.4 Å². The van der Waals surface area contributed by atoms with Crippen LogP contribution in [0.3, 0.4) is 0 Å². The largest absolute Gasteiger partial charge is 0.435 e. The van der Waals surface area contributed by atoms with Gasteiger partial charge in [-0.25, -0.2) is 0 Å². The fourth-order valence-electron chi connectivity index (χ4n) is 1.72. The fraction of sp³-hybridized carbons (Fsp3) is 0.250. The zero-order chi connectivity index (χ0) is 14.0. The summed E-state index contributed by atoms with van der Waals surface area (Å²) in [6.45, 7) is -2.86. The molecule has 1 aromatic carbocycles. The summed E-state index contributed by atoms with van der Waals surface area (Å²) >= 11 is 3.29. The maximum absolute atomic E-state index is 12.0. The van der Waals surface area contributed by atoms with Gasteiger partial charge in [0.15, 0.2) is 0 Å². The van der Waals surface area contributed by atoms with Crippen molar-refractivity contribution in [3.8, 4) is 5.75 Å². The summed E-state index contributed by atoms with van der Waals surface area (Å²) in [5.41, 5.74) is 1.15. The van der Waals surface area contributed by atoms with Gasteiger partial charge in [-0.05, 0) is 33.6 Å². The quantitative estimate of drug-likeness (QED) is 0.936. The van der Waals surface area contributed by atoms with E-state index in [1.807, 2.05) is 0 Å². The highest BCUT2D eigenvalue weighted by Gasteiger charge is 2.18. The van der Waals surface area contributed by atoms with Crippen molar-refractivity contribution in [1.29, 1.82) is 0 Å². The van der Waals surface area contributed by atoms with Gasteiger partial charge < -0.3 is 9.84 Å². The molecule has 0 saturated carbocycles. The molecule has 2 rings (SSSR count). The number of alkyl halides is 2. The van der Waals surface area contributed by atoms with E-state index in [1.165, 1.54) is 28.9 Å². The highest BCUT2D eigenvalue weighted by molar-refractivity contribution is 9.10. The van der Waals surface area contributed by atoms with E-state index in [2.05, 4.69) is 25.8 Å². The molecular formula is C12H11BrF2N2O2. The summed E-state index contributed by atoms with van der Waals surface area (Å²) in [6.07, 6.45) is 0.676. The van der Waals surface area contributed by atoms with Crippen molar-refractivity contribution in [1.82, 2.24) is 9.78 Å². The lowest BCUT2D eigenvalue weighted by molar-refractivity contribution is -0.0498. The van der Waals surface area contributed by atoms with Crippen LogP contribution in [-0.4, -0.2) is 21.5 Å².